The lowest BCUT2D eigenvalue weighted by Gasteiger charge is -1.92. The van der Waals surface area contributed by atoms with E-state index in [-0.39, 0.29) is 0 Å². The van der Waals surface area contributed by atoms with Crippen LogP contribution in [0.15, 0.2) is 15.4 Å². The fraction of sp³-hybridized carbons (Fsp3) is 0.333. The first-order valence-electron chi connectivity index (χ1n) is 3.19. The first-order valence-corrected chi connectivity index (χ1v) is 3.19. The molecule has 0 atom stereocenters. The van der Waals surface area contributed by atoms with Gasteiger partial charge in [0, 0.05) is 6.20 Å². The second kappa shape index (κ2) is 2.35. The fourth-order valence-electron chi connectivity index (χ4n) is 0.895. The van der Waals surface area contributed by atoms with Gasteiger partial charge in [-0.05, 0) is 6.08 Å². The first-order chi connectivity index (χ1) is 5.38. The molecule has 2 rings (SSSR count). The number of rotatable bonds is 0. The van der Waals surface area contributed by atoms with E-state index < -0.39 is 5.76 Å². The molecule has 11 heavy (non-hydrogen) atoms. The van der Waals surface area contributed by atoms with Crippen LogP contribution in [0.25, 0.3) is 6.20 Å². The summed E-state index contributed by atoms with van der Waals surface area (Å²) < 4.78 is 10.8. The van der Waals surface area contributed by atoms with Gasteiger partial charge in [0.25, 0.3) is 0 Å². The molecule has 0 amide bonds. The molecule has 0 unspecified atom stereocenters. The minimum atomic E-state index is -0.471. The summed E-state index contributed by atoms with van der Waals surface area (Å²) in [5, 5.41) is 3.52. The Morgan fingerprint density at radius 3 is 3.45 bits per heavy atom. The molecule has 0 fully saturated rings. The molecular weight excluding hydrogens is 148 g/mol. The minimum absolute atomic E-state index is 0.318. The van der Waals surface area contributed by atoms with Crippen molar-refractivity contribution < 1.29 is 9.26 Å². The van der Waals surface area contributed by atoms with Crippen molar-refractivity contribution in [1.82, 2.24) is 9.72 Å². The minimum Gasteiger partial charge on any atom is -0.369 e. The van der Waals surface area contributed by atoms with E-state index >= 15 is 0 Å². The zero-order valence-electron chi connectivity index (χ0n) is 5.69. The average molecular weight is 154 g/mol. The molecule has 0 N–H and O–H groups in total. The van der Waals surface area contributed by atoms with Crippen molar-refractivity contribution in [3.8, 4) is 0 Å². The largest absolute Gasteiger partial charge is 0.445 e. The Labute approximate surface area is 61.9 Å². The zero-order chi connectivity index (χ0) is 7.68. The number of hydrogen-bond donors (Lipinski definition) is 0. The Morgan fingerprint density at radius 1 is 1.64 bits per heavy atom. The van der Waals surface area contributed by atoms with Crippen molar-refractivity contribution in [3.63, 3.8) is 0 Å². The molecule has 0 spiro atoms. The average Bonchev–Trinajstić information content (AvgIpc) is 2.25. The molecule has 0 bridgehead atoms. The number of aromatic nitrogens is 2. The van der Waals surface area contributed by atoms with Gasteiger partial charge in [-0.25, -0.2) is 9.36 Å². The third kappa shape index (κ3) is 0.988. The molecule has 1 aliphatic heterocycles. The van der Waals surface area contributed by atoms with Crippen LogP contribution < -0.4 is 5.76 Å². The predicted octanol–water partition coefficient (Wildman–Crippen LogP) is -0.163. The summed E-state index contributed by atoms with van der Waals surface area (Å²) in [6.45, 7) is 0.821. The van der Waals surface area contributed by atoms with Crippen LogP contribution in [-0.4, -0.2) is 16.3 Å². The van der Waals surface area contributed by atoms with Crippen molar-refractivity contribution in [3.05, 3.63) is 22.5 Å². The second-order valence-electron chi connectivity index (χ2n) is 2.13. The molecule has 1 aromatic rings. The highest BCUT2D eigenvalue weighted by atomic mass is 16.5. The van der Waals surface area contributed by atoms with Crippen LogP contribution >= 0.6 is 0 Å². The lowest BCUT2D eigenvalue weighted by molar-refractivity contribution is 0.142. The second-order valence-corrected chi connectivity index (χ2v) is 2.13. The smallest absolute Gasteiger partial charge is 0.369 e. The fourth-order valence-corrected chi connectivity index (χ4v) is 0.895. The van der Waals surface area contributed by atoms with E-state index in [1.54, 1.807) is 12.3 Å². The van der Waals surface area contributed by atoms with E-state index in [1.807, 2.05) is 0 Å². The van der Waals surface area contributed by atoms with Gasteiger partial charge < -0.3 is 4.74 Å². The Kier molecular flexibility index (Phi) is 1.36. The molecular formula is C6H6N2O3. The van der Waals surface area contributed by atoms with E-state index in [0.717, 1.165) is 0 Å². The molecule has 2 heterocycles. The summed E-state index contributed by atoms with van der Waals surface area (Å²) in [6, 6.07) is 0. The summed E-state index contributed by atoms with van der Waals surface area (Å²) in [7, 11) is 0. The highest BCUT2D eigenvalue weighted by Gasteiger charge is 2.09. The Morgan fingerprint density at radius 2 is 2.55 bits per heavy atom. The van der Waals surface area contributed by atoms with Crippen LogP contribution in [0.4, 0.5) is 0 Å². The maximum Gasteiger partial charge on any atom is 0.445 e. The third-order valence-electron chi connectivity index (χ3n) is 1.40. The van der Waals surface area contributed by atoms with Crippen molar-refractivity contribution >= 4 is 6.20 Å². The molecule has 1 aliphatic rings. The normalized spacial score (nSPS) is 16.0. The molecule has 1 aromatic heterocycles. The highest BCUT2D eigenvalue weighted by molar-refractivity contribution is 5.23. The molecule has 0 saturated heterocycles. The van der Waals surface area contributed by atoms with Crippen molar-refractivity contribution in [2.24, 2.45) is 0 Å². The van der Waals surface area contributed by atoms with Gasteiger partial charge >= 0.3 is 5.76 Å². The van der Waals surface area contributed by atoms with E-state index in [0.29, 0.717) is 19.0 Å². The number of ether oxygens (including phenoxy) is 1. The lowest BCUT2D eigenvalue weighted by atomic mass is 10.6. The number of hydrogen-bond acceptors (Lipinski definition) is 4. The molecule has 0 aromatic carbocycles. The molecule has 5 nitrogen and oxygen atoms in total. The standard InChI is InChI=1S/C6H6N2O3/c9-6-8-2-1-3-10-4-5(8)7-11-6/h1-2H,3-4H2. The lowest BCUT2D eigenvalue weighted by Crippen LogP contribution is -2.10. The van der Waals surface area contributed by atoms with Crippen LogP contribution in [-0.2, 0) is 11.3 Å². The van der Waals surface area contributed by atoms with E-state index in [1.165, 1.54) is 4.57 Å². The van der Waals surface area contributed by atoms with E-state index in [2.05, 4.69) is 9.68 Å². The van der Waals surface area contributed by atoms with Gasteiger partial charge in [0.05, 0.1) is 6.61 Å². The maximum atomic E-state index is 10.8. The van der Waals surface area contributed by atoms with Gasteiger partial charge in [0.1, 0.15) is 6.61 Å². The van der Waals surface area contributed by atoms with Crippen LogP contribution in [0, 0.1) is 0 Å². The van der Waals surface area contributed by atoms with Crippen LogP contribution in [0.2, 0.25) is 0 Å². The van der Waals surface area contributed by atoms with Gasteiger partial charge in [0.2, 0.25) is 0 Å². The predicted molar refractivity (Wildman–Crippen MR) is 35.7 cm³/mol. The van der Waals surface area contributed by atoms with Crippen LogP contribution in [0.5, 0.6) is 0 Å². The summed E-state index contributed by atoms with van der Waals surface area (Å²) >= 11 is 0. The molecule has 5 heteroatoms. The quantitative estimate of drug-likeness (QED) is 0.521. The Balaban J connectivity index is 2.57. The molecule has 0 aliphatic carbocycles. The van der Waals surface area contributed by atoms with Crippen LogP contribution in [0.3, 0.4) is 0 Å². The Hall–Kier alpha value is -1.36. The van der Waals surface area contributed by atoms with Gasteiger partial charge in [-0.15, -0.1) is 0 Å². The monoisotopic (exact) mass is 154 g/mol. The summed E-state index contributed by atoms with van der Waals surface area (Å²) in [4.78, 5) is 10.8. The summed E-state index contributed by atoms with van der Waals surface area (Å²) in [6.07, 6.45) is 3.33. The van der Waals surface area contributed by atoms with Crippen molar-refractivity contribution in [2.45, 2.75) is 6.61 Å². The topological polar surface area (TPSA) is 57.3 Å². The summed E-state index contributed by atoms with van der Waals surface area (Å²) in [5.74, 6) is 0.0329. The van der Waals surface area contributed by atoms with Gasteiger partial charge in [-0.2, -0.15) is 0 Å². The third-order valence-corrected chi connectivity index (χ3v) is 1.40. The zero-order valence-corrected chi connectivity index (χ0v) is 5.69. The molecule has 58 valence electrons. The van der Waals surface area contributed by atoms with Gasteiger partial charge in [-0.1, -0.05) is 5.16 Å². The van der Waals surface area contributed by atoms with E-state index in [9.17, 15) is 4.79 Å². The highest BCUT2D eigenvalue weighted by Crippen LogP contribution is 2.00. The SMILES string of the molecule is O=c1onc2n1C=CCOC2. The summed E-state index contributed by atoms with van der Waals surface area (Å²) in [5.41, 5.74) is 0. The number of fused-ring (bicyclic) bond motifs is 1. The van der Waals surface area contributed by atoms with Gasteiger partial charge in [-0.3, -0.25) is 4.52 Å². The molecule has 0 radical (unpaired) electrons. The van der Waals surface area contributed by atoms with Gasteiger partial charge in [0.15, 0.2) is 5.82 Å². The first kappa shape index (κ1) is 6.36. The van der Waals surface area contributed by atoms with Crippen LogP contribution in [0.1, 0.15) is 5.82 Å². The maximum absolute atomic E-state index is 10.8. The number of nitrogens with zero attached hydrogens (tertiary/aromatic N) is 2. The molecule has 0 saturated carbocycles. The Bertz CT molecular complexity index is 336. The van der Waals surface area contributed by atoms with E-state index in [4.69, 9.17) is 4.74 Å². The van der Waals surface area contributed by atoms with Crippen molar-refractivity contribution in [2.75, 3.05) is 6.61 Å². The van der Waals surface area contributed by atoms with Crippen molar-refractivity contribution in [1.29, 1.82) is 0 Å².